The highest BCUT2D eigenvalue weighted by molar-refractivity contribution is 5.89. The van der Waals surface area contributed by atoms with Gasteiger partial charge in [0.1, 0.15) is 0 Å². The molecule has 2 rings (SSSR count). The third-order valence-electron chi connectivity index (χ3n) is 3.32. The number of ether oxygens (including phenoxy) is 1. The van der Waals surface area contributed by atoms with Gasteiger partial charge in [0, 0.05) is 0 Å². The van der Waals surface area contributed by atoms with E-state index in [0.29, 0.717) is 0 Å². The van der Waals surface area contributed by atoms with Crippen LogP contribution < -0.4 is 0 Å². The van der Waals surface area contributed by atoms with Gasteiger partial charge in [0.2, 0.25) is 0 Å². The molecular weight excluding hydrogens is 245 g/mol. The van der Waals surface area contributed by atoms with E-state index >= 15 is 0 Å². The molecule has 18 heavy (non-hydrogen) atoms. The van der Waals surface area contributed by atoms with Crippen molar-refractivity contribution in [2.75, 3.05) is 7.11 Å². The lowest BCUT2D eigenvalue weighted by molar-refractivity contribution is -0.138. The molecule has 5 heteroatoms. The molecule has 1 aliphatic carbocycles. The third-order valence-corrected chi connectivity index (χ3v) is 3.32. The summed E-state index contributed by atoms with van der Waals surface area (Å²) in [6.45, 7) is 0. The number of carbonyl (C=O) groups excluding carboxylic acids is 1. The fourth-order valence-corrected chi connectivity index (χ4v) is 2.12. The van der Waals surface area contributed by atoms with Crippen LogP contribution in [0.15, 0.2) is 18.2 Å². The Balaban J connectivity index is 2.45. The standard InChI is InChI=1S/C13H13F3O2/c1-18-12(17)9-5-6-11(13(14,15)16)10(7-9)8-3-2-4-8/h5-8H,2-4H2,1H3. The summed E-state index contributed by atoms with van der Waals surface area (Å²) in [5.74, 6) is -0.699. The zero-order valence-corrected chi connectivity index (χ0v) is 9.88. The van der Waals surface area contributed by atoms with Gasteiger partial charge in [0.25, 0.3) is 0 Å². The number of methoxy groups -OCH3 is 1. The van der Waals surface area contributed by atoms with E-state index < -0.39 is 17.7 Å². The first-order chi connectivity index (χ1) is 8.43. The van der Waals surface area contributed by atoms with Crippen LogP contribution in [-0.2, 0) is 10.9 Å². The minimum atomic E-state index is -4.38. The smallest absolute Gasteiger partial charge is 0.416 e. The van der Waals surface area contributed by atoms with Gasteiger partial charge in [0.05, 0.1) is 18.2 Å². The number of esters is 1. The number of halogens is 3. The van der Waals surface area contributed by atoms with Crippen LogP contribution >= 0.6 is 0 Å². The first kappa shape index (κ1) is 12.9. The minimum absolute atomic E-state index is 0.0915. The lowest BCUT2D eigenvalue weighted by Gasteiger charge is -2.28. The fraction of sp³-hybridized carbons (Fsp3) is 0.462. The van der Waals surface area contributed by atoms with Crippen LogP contribution in [0.4, 0.5) is 13.2 Å². The monoisotopic (exact) mass is 258 g/mol. The van der Waals surface area contributed by atoms with Gasteiger partial charge in [-0.05, 0) is 42.5 Å². The lowest BCUT2D eigenvalue weighted by Crippen LogP contribution is -2.17. The maximum absolute atomic E-state index is 12.9. The van der Waals surface area contributed by atoms with Crippen molar-refractivity contribution in [3.8, 4) is 0 Å². The van der Waals surface area contributed by atoms with Crippen molar-refractivity contribution in [1.29, 1.82) is 0 Å². The molecule has 0 aromatic heterocycles. The summed E-state index contributed by atoms with van der Waals surface area (Å²) in [4.78, 5) is 11.4. The SMILES string of the molecule is COC(=O)c1ccc(C(F)(F)F)c(C2CCC2)c1. The van der Waals surface area contributed by atoms with Gasteiger partial charge in [-0.3, -0.25) is 0 Å². The predicted molar refractivity (Wildman–Crippen MR) is 59.4 cm³/mol. The van der Waals surface area contributed by atoms with Gasteiger partial charge in [-0.25, -0.2) is 4.79 Å². The summed E-state index contributed by atoms with van der Waals surface area (Å²) in [5, 5.41) is 0. The quantitative estimate of drug-likeness (QED) is 0.755. The maximum Gasteiger partial charge on any atom is 0.416 e. The van der Waals surface area contributed by atoms with Crippen molar-refractivity contribution >= 4 is 5.97 Å². The number of benzene rings is 1. The topological polar surface area (TPSA) is 26.3 Å². The van der Waals surface area contributed by atoms with Crippen molar-refractivity contribution in [3.05, 3.63) is 34.9 Å². The molecule has 1 fully saturated rings. The molecule has 0 unspecified atom stereocenters. The molecule has 1 aromatic carbocycles. The van der Waals surface area contributed by atoms with Gasteiger partial charge in [-0.2, -0.15) is 13.2 Å². The summed E-state index contributed by atoms with van der Waals surface area (Å²) >= 11 is 0. The van der Waals surface area contributed by atoms with E-state index in [9.17, 15) is 18.0 Å². The van der Waals surface area contributed by atoms with E-state index in [4.69, 9.17) is 0 Å². The molecule has 0 radical (unpaired) electrons. The molecule has 0 N–H and O–H groups in total. The number of rotatable bonds is 2. The Morgan fingerprint density at radius 1 is 1.33 bits per heavy atom. The zero-order valence-electron chi connectivity index (χ0n) is 9.88. The average molecular weight is 258 g/mol. The van der Waals surface area contributed by atoms with Gasteiger partial charge in [-0.1, -0.05) is 6.42 Å². The average Bonchev–Trinajstić information content (AvgIpc) is 2.24. The Bertz CT molecular complexity index is 462. The largest absolute Gasteiger partial charge is 0.465 e. The van der Waals surface area contributed by atoms with E-state index in [2.05, 4.69) is 4.74 Å². The van der Waals surface area contributed by atoms with Crippen molar-refractivity contribution in [2.45, 2.75) is 31.4 Å². The van der Waals surface area contributed by atoms with E-state index in [1.165, 1.54) is 13.2 Å². The van der Waals surface area contributed by atoms with Crippen molar-refractivity contribution in [3.63, 3.8) is 0 Å². The molecule has 1 aromatic rings. The van der Waals surface area contributed by atoms with Crippen molar-refractivity contribution in [2.24, 2.45) is 0 Å². The maximum atomic E-state index is 12.9. The Morgan fingerprint density at radius 2 is 2.00 bits per heavy atom. The number of hydrogen-bond acceptors (Lipinski definition) is 2. The molecule has 0 amide bonds. The van der Waals surface area contributed by atoms with E-state index in [0.717, 1.165) is 31.4 Å². The molecule has 0 spiro atoms. The first-order valence-corrected chi connectivity index (χ1v) is 5.73. The summed E-state index contributed by atoms with van der Waals surface area (Å²) in [6, 6.07) is 3.45. The molecule has 0 saturated heterocycles. The van der Waals surface area contributed by atoms with Gasteiger partial charge < -0.3 is 4.74 Å². The molecule has 0 bridgehead atoms. The highest BCUT2D eigenvalue weighted by atomic mass is 19.4. The second-order valence-corrected chi connectivity index (χ2v) is 4.42. The highest BCUT2D eigenvalue weighted by Crippen LogP contribution is 2.43. The summed E-state index contributed by atoms with van der Waals surface area (Å²) in [5.41, 5.74) is -0.246. The molecule has 2 nitrogen and oxygen atoms in total. The van der Waals surface area contributed by atoms with Crippen LogP contribution in [0.1, 0.15) is 46.7 Å². The number of carbonyl (C=O) groups is 1. The third kappa shape index (κ3) is 2.35. The summed E-state index contributed by atoms with van der Waals surface area (Å²) in [7, 11) is 1.21. The fourth-order valence-electron chi connectivity index (χ4n) is 2.12. The van der Waals surface area contributed by atoms with E-state index in [1.807, 2.05) is 0 Å². The summed E-state index contributed by atoms with van der Waals surface area (Å²) in [6.07, 6.45) is -1.95. The van der Waals surface area contributed by atoms with Crippen LogP contribution in [-0.4, -0.2) is 13.1 Å². The van der Waals surface area contributed by atoms with Gasteiger partial charge >= 0.3 is 12.1 Å². The molecule has 1 saturated carbocycles. The van der Waals surface area contributed by atoms with Crippen molar-refractivity contribution < 1.29 is 22.7 Å². The molecular formula is C13H13F3O2. The second-order valence-electron chi connectivity index (χ2n) is 4.42. The molecule has 1 aliphatic rings. The Hall–Kier alpha value is -1.52. The van der Waals surface area contributed by atoms with E-state index in [1.54, 1.807) is 0 Å². The van der Waals surface area contributed by atoms with Gasteiger partial charge in [0.15, 0.2) is 0 Å². The molecule has 0 heterocycles. The Labute approximate surface area is 103 Å². The van der Waals surface area contributed by atoms with Gasteiger partial charge in [-0.15, -0.1) is 0 Å². The Morgan fingerprint density at radius 3 is 2.44 bits per heavy atom. The predicted octanol–water partition coefficient (Wildman–Crippen LogP) is 3.76. The molecule has 98 valence electrons. The van der Waals surface area contributed by atoms with Crippen LogP contribution in [0.25, 0.3) is 0 Å². The normalized spacial score (nSPS) is 16.2. The lowest BCUT2D eigenvalue weighted by atomic mass is 9.77. The first-order valence-electron chi connectivity index (χ1n) is 5.73. The zero-order chi connectivity index (χ0) is 13.3. The van der Waals surface area contributed by atoms with Crippen LogP contribution in [0, 0.1) is 0 Å². The molecule has 0 aliphatic heterocycles. The highest BCUT2D eigenvalue weighted by Gasteiger charge is 2.36. The van der Waals surface area contributed by atoms with Crippen LogP contribution in [0.5, 0.6) is 0 Å². The van der Waals surface area contributed by atoms with E-state index in [-0.39, 0.29) is 17.0 Å². The number of alkyl halides is 3. The van der Waals surface area contributed by atoms with Crippen LogP contribution in [0.3, 0.4) is 0 Å². The molecule has 0 atom stereocenters. The van der Waals surface area contributed by atoms with Crippen LogP contribution in [0.2, 0.25) is 0 Å². The second kappa shape index (κ2) is 4.63. The Kier molecular flexibility index (Phi) is 3.32. The van der Waals surface area contributed by atoms with Crippen molar-refractivity contribution in [1.82, 2.24) is 0 Å². The number of hydrogen-bond donors (Lipinski definition) is 0. The minimum Gasteiger partial charge on any atom is -0.465 e. The summed E-state index contributed by atoms with van der Waals surface area (Å²) < 4.78 is 43.1.